The first-order valence-corrected chi connectivity index (χ1v) is 12.0. The second kappa shape index (κ2) is 6.23. The van der Waals surface area contributed by atoms with Crippen molar-refractivity contribution >= 4 is 17.7 Å². The molecule has 3 saturated carbocycles. The number of hydrogen-bond acceptors (Lipinski definition) is 7. The lowest BCUT2D eigenvalue weighted by Gasteiger charge is -2.60. The number of methoxy groups -OCH3 is 1. The molecule has 1 N–H and O–H groups in total. The van der Waals surface area contributed by atoms with Gasteiger partial charge in [0.1, 0.15) is 11.2 Å². The Morgan fingerprint density at radius 3 is 2.66 bits per heavy atom. The molecule has 4 unspecified atom stereocenters. The van der Waals surface area contributed by atoms with Crippen LogP contribution in [0.4, 0.5) is 0 Å². The van der Waals surface area contributed by atoms with Crippen LogP contribution in [0, 0.1) is 34.5 Å². The predicted molar refractivity (Wildman–Crippen MR) is 111 cm³/mol. The van der Waals surface area contributed by atoms with Crippen molar-refractivity contribution in [3.05, 3.63) is 11.6 Å². The summed E-state index contributed by atoms with van der Waals surface area (Å²) in [6, 6.07) is 0. The van der Waals surface area contributed by atoms with E-state index < -0.39 is 28.5 Å². The molecule has 0 amide bonds. The Morgan fingerprint density at radius 1 is 1.22 bits per heavy atom. The topological polar surface area (TPSA) is 102 Å². The minimum atomic E-state index is -0.586. The Bertz CT molecular complexity index is 956. The average Bonchev–Trinajstić information content (AvgIpc) is 3.25. The molecule has 6 rings (SSSR count). The number of esters is 2. The molecule has 32 heavy (non-hydrogen) atoms. The standard InChI is InChI=1S/C25H32O7/c1-22-7-4-13(27)10-16(22)14(12-26)19(21(29)30-3)20-15-5-8-24(9-6-18(28)32-24)23(15,2)11-17-25(20,22)31-17/h10,14-15,17,19-20,26H,4-9,11-12H2,1-3H3/t14-,15?,17-,19?,20?,22-,23-,24+,25?/m0/s1. The lowest BCUT2D eigenvalue weighted by molar-refractivity contribution is -0.176. The van der Waals surface area contributed by atoms with Gasteiger partial charge >= 0.3 is 11.9 Å². The van der Waals surface area contributed by atoms with Gasteiger partial charge in [-0.15, -0.1) is 0 Å². The number of carbonyl (C=O) groups is 3. The van der Waals surface area contributed by atoms with Crippen molar-refractivity contribution in [2.75, 3.05) is 13.7 Å². The summed E-state index contributed by atoms with van der Waals surface area (Å²) in [5.74, 6) is -1.53. The van der Waals surface area contributed by atoms with Gasteiger partial charge in [-0.1, -0.05) is 19.4 Å². The lowest BCUT2D eigenvalue weighted by atomic mass is 9.41. The van der Waals surface area contributed by atoms with E-state index in [9.17, 15) is 19.5 Å². The highest BCUT2D eigenvalue weighted by atomic mass is 16.6. The van der Waals surface area contributed by atoms with Crippen LogP contribution in [0.1, 0.15) is 58.8 Å². The Balaban J connectivity index is 1.53. The lowest BCUT2D eigenvalue weighted by Crippen LogP contribution is -2.65. The van der Waals surface area contributed by atoms with Gasteiger partial charge in [-0.2, -0.15) is 0 Å². The second-order valence-corrected chi connectivity index (χ2v) is 11.4. The first kappa shape index (κ1) is 20.8. The van der Waals surface area contributed by atoms with Gasteiger partial charge in [-0.3, -0.25) is 14.4 Å². The van der Waals surface area contributed by atoms with Crippen LogP contribution in [0.3, 0.4) is 0 Å². The van der Waals surface area contributed by atoms with Crippen LogP contribution in [0.5, 0.6) is 0 Å². The van der Waals surface area contributed by atoms with Crippen LogP contribution < -0.4 is 0 Å². The minimum Gasteiger partial charge on any atom is -0.469 e. The monoisotopic (exact) mass is 444 g/mol. The molecule has 174 valence electrons. The molecule has 0 aromatic heterocycles. The fourth-order valence-electron chi connectivity index (χ4n) is 9.15. The summed E-state index contributed by atoms with van der Waals surface area (Å²) in [6.45, 7) is 4.17. The van der Waals surface area contributed by atoms with Crippen LogP contribution in [-0.2, 0) is 28.6 Å². The summed E-state index contributed by atoms with van der Waals surface area (Å²) in [5.41, 5.74) is -0.876. The Morgan fingerprint density at radius 2 is 2.00 bits per heavy atom. The minimum absolute atomic E-state index is 0.0462. The maximum atomic E-state index is 13.3. The number of fused-ring (bicyclic) bond motifs is 4. The van der Waals surface area contributed by atoms with Crippen LogP contribution in [0.15, 0.2) is 11.6 Å². The molecule has 4 aliphatic carbocycles. The normalized spacial score (nSPS) is 53.0. The third kappa shape index (κ3) is 2.13. The highest BCUT2D eigenvalue weighted by Gasteiger charge is 2.84. The number of ketones is 1. The Hall–Kier alpha value is -1.73. The fraction of sp³-hybridized carbons (Fsp3) is 0.800. The van der Waals surface area contributed by atoms with Gasteiger partial charge in [0, 0.05) is 35.5 Å². The molecule has 0 aromatic rings. The van der Waals surface area contributed by atoms with Crippen molar-refractivity contribution in [3.8, 4) is 0 Å². The highest BCUT2D eigenvalue weighted by Crippen LogP contribution is 2.79. The predicted octanol–water partition coefficient (Wildman–Crippen LogP) is 2.34. The van der Waals surface area contributed by atoms with Gasteiger partial charge in [-0.25, -0.2) is 0 Å². The summed E-state index contributed by atoms with van der Waals surface area (Å²) in [5, 5.41) is 10.5. The molecule has 5 fully saturated rings. The van der Waals surface area contributed by atoms with Gasteiger partial charge in [-0.05, 0) is 44.1 Å². The zero-order valence-corrected chi connectivity index (χ0v) is 19.0. The highest BCUT2D eigenvalue weighted by molar-refractivity contribution is 5.92. The molecule has 0 bridgehead atoms. The van der Waals surface area contributed by atoms with E-state index in [4.69, 9.17) is 14.2 Å². The van der Waals surface area contributed by atoms with Crippen molar-refractivity contribution in [3.63, 3.8) is 0 Å². The number of aliphatic hydroxyl groups excluding tert-OH is 1. The van der Waals surface area contributed by atoms with Crippen LogP contribution in [0.2, 0.25) is 0 Å². The van der Waals surface area contributed by atoms with Gasteiger partial charge < -0.3 is 19.3 Å². The van der Waals surface area contributed by atoms with E-state index in [1.165, 1.54) is 7.11 Å². The fourth-order valence-corrected chi connectivity index (χ4v) is 9.15. The van der Waals surface area contributed by atoms with Gasteiger partial charge in [0.25, 0.3) is 0 Å². The maximum absolute atomic E-state index is 13.3. The van der Waals surface area contributed by atoms with Crippen molar-refractivity contribution in [1.29, 1.82) is 0 Å². The SMILES string of the molecule is COC(=O)C1C2C3CC[C@@]4(CCC(=O)O4)[C@@]3(C)C[C@@H]3OC23[C@@]2(C)CCC(=O)C=C2[C@@H]1CO. The van der Waals surface area contributed by atoms with E-state index in [1.807, 2.05) is 0 Å². The number of epoxide rings is 1. The van der Waals surface area contributed by atoms with Crippen molar-refractivity contribution in [2.45, 2.75) is 76.1 Å². The molecule has 2 aliphatic heterocycles. The zero-order chi connectivity index (χ0) is 22.7. The molecule has 7 nitrogen and oxygen atoms in total. The van der Waals surface area contributed by atoms with E-state index >= 15 is 0 Å². The molecule has 2 saturated heterocycles. The summed E-state index contributed by atoms with van der Waals surface area (Å²) >= 11 is 0. The van der Waals surface area contributed by atoms with Gasteiger partial charge in [0.05, 0.1) is 25.7 Å². The summed E-state index contributed by atoms with van der Waals surface area (Å²) in [6.07, 6.45) is 6.33. The number of carbonyl (C=O) groups excluding carboxylic acids is 3. The first-order chi connectivity index (χ1) is 15.2. The average molecular weight is 445 g/mol. The molecule has 9 atom stereocenters. The molecular weight excluding hydrogens is 412 g/mol. The molecular formula is C25H32O7. The van der Waals surface area contributed by atoms with E-state index in [2.05, 4.69) is 13.8 Å². The molecule has 6 aliphatic rings. The molecule has 7 heteroatoms. The summed E-state index contributed by atoms with van der Waals surface area (Å²) < 4.78 is 18.0. The van der Waals surface area contributed by atoms with Crippen LogP contribution in [0.25, 0.3) is 0 Å². The van der Waals surface area contributed by atoms with Crippen molar-refractivity contribution < 1.29 is 33.7 Å². The van der Waals surface area contributed by atoms with Gasteiger partial charge in [0.2, 0.25) is 0 Å². The molecule has 2 heterocycles. The second-order valence-electron chi connectivity index (χ2n) is 11.4. The number of rotatable bonds is 2. The van der Waals surface area contributed by atoms with E-state index in [0.717, 1.165) is 24.8 Å². The molecule has 0 radical (unpaired) electrons. The van der Waals surface area contributed by atoms with E-state index in [1.54, 1.807) is 6.08 Å². The third-order valence-corrected chi connectivity index (χ3v) is 10.6. The summed E-state index contributed by atoms with van der Waals surface area (Å²) in [7, 11) is 1.39. The first-order valence-electron chi connectivity index (χ1n) is 12.0. The number of ether oxygens (including phenoxy) is 3. The third-order valence-electron chi connectivity index (χ3n) is 10.6. The maximum Gasteiger partial charge on any atom is 0.309 e. The van der Waals surface area contributed by atoms with Crippen molar-refractivity contribution in [1.82, 2.24) is 0 Å². The van der Waals surface area contributed by atoms with Crippen LogP contribution in [-0.4, -0.2) is 53.9 Å². The number of hydrogen-bond donors (Lipinski definition) is 1. The quantitative estimate of drug-likeness (QED) is 0.515. The molecule has 2 spiro atoms. The van der Waals surface area contributed by atoms with E-state index in [-0.39, 0.29) is 47.7 Å². The number of aliphatic hydroxyl groups is 1. The smallest absolute Gasteiger partial charge is 0.309 e. The summed E-state index contributed by atoms with van der Waals surface area (Å²) in [4.78, 5) is 37.9. The Kier molecular flexibility index (Phi) is 4.06. The largest absolute Gasteiger partial charge is 0.469 e. The Labute approximate surface area is 187 Å². The zero-order valence-electron chi connectivity index (χ0n) is 19.0. The van der Waals surface area contributed by atoms with E-state index in [0.29, 0.717) is 25.7 Å². The van der Waals surface area contributed by atoms with Crippen LogP contribution >= 0.6 is 0 Å². The van der Waals surface area contributed by atoms with Crippen molar-refractivity contribution in [2.24, 2.45) is 34.5 Å². The van der Waals surface area contributed by atoms with Gasteiger partial charge in [0.15, 0.2) is 5.78 Å². The molecule has 0 aromatic carbocycles.